The minimum Gasteiger partial charge on any atom is -0.493 e. The Labute approximate surface area is 161 Å². The van der Waals surface area contributed by atoms with Crippen LogP contribution in [-0.2, 0) is 9.59 Å². The zero-order chi connectivity index (χ0) is 19.1. The van der Waals surface area contributed by atoms with Gasteiger partial charge in [-0.25, -0.2) is 9.97 Å². The van der Waals surface area contributed by atoms with Gasteiger partial charge in [-0.05, 0) is 6.07 Å². The lowest BCUT2D eigenvalue weighted by molar-refractivity contribution is -0.139. The number of hydrogen-bond donors (Lipinski definition) is 2. The van der Waals surface area contributed by atoms with Crippen molar-refractivity contribution in [1.29, 1.82) is 0 Å². The van der Waals surface area contributed by atoms with Gasteiger partial charge in [0.15, 0.2) is 16.7 Å². The number of nitrogens with one attached hydrogen (secondary N) is 1. The van der Waals surface area contributed by atoms with Crippen LogP contribution in [-0.4, -0.2) is 51.6 Å². The average molecular weight is 416 g/mol. The molecule has 2 aromatic rings. The van der Waals surface area contributed by atoms with Crippen molar-refractivity contribution in [2.24, 2.45) is 0 Å². The van der Waals surface area contributed by atoms with Gasteiger partial charge in [-0.1, -0.05) is 23.4 Å². The first-order chi connectivity index (χ1) is 12.4. The number of ether oxygens (including phenoxy) is 1. The van der Waals surface area contributed by atoms with Crippen molar-refractivity contribution < 1.29 is 24.2 Å². The molecule has 2 heterocycles. The quantitative estimate of drug-likeness (QED) is 0.472. The standard InChI is InChI=1S/C15H14ClN3O5S2/c1-24-12-8(6-25-13(12)16)14(23)19-9(5-11(21)22)10(20)7-26-15-17-3-2-4-18-15/h2-4,6,9H,5,7H2,1H3,(H,19,23)(H,21,22)/t9-/m0/s1. The Kier molecular flexibility index (Phi) is 7.37. The molecule has 2 N–H and O–H groups in total. The molecule has 0 aromatic carbocycles. The number of carbonyl (C=O) groups excluding carboxylic acids is 2. The van der Waals surface area contributed by atoms with Gasteiger partial charge in [0.2, 0.25) is 0 Å². The van der Waals surface area contributed by atoms with E-state index in [-0.39, 0.29) is 21.4 Å². The van der Waals surface area contributed by atoms with Crippen LogP contribution < -0.4 is 10.1 Å². The van der Waals surface area contributed by atoms with E-state index in [9.17, 15) is 14.4 Å². The maximum atomic E-state index is 12.4. The summed E-state index contributed by atoms with van der Waals surface area (Å²) in [4.78, 5) is 43.8. The third-order valence-electron chi connectivity index (χ3n) is 3.11. The number of nitrogens with zero attached hydrogens (tertiary/aromatic N) is 2. The molecule has 8 nitrogen and oxygen atoms in total. The Bertz CT molecular complexity index is 800. The number of Topliss-reactive ketones (excluding diaryl/α,β-unsaturated/α-hetero) is 1. The van der Waals surface area contributed by atoms with Crippen LogP contribution in [0.15, 0.2) is 29.0 Å². The van der Waals surface area contributed by atoms with Gasteiger partial charge in [0.25, 0.3) is 5.91 Å². The molecule has 2 rings (SSSR count). The number of methoxy groups -OCH3 is 1. The molecular weight excluding hydrogens is 402 g/mol. The fourth-order valence-electron chi connectivity index (χ4n) is 1.92. The maximum Gasteiger partial charge on any atom is 0.305 e. The van der Waals surface area contributed by atoms with Crippen LogP contribution in [0, 0.1) is 0 Å². The second kappa shape index (κ2) is 9.51. The summed E-state index contributed by atoms with van der Waals surface area (Å²) in [5.74, 6) is -2.20. The minimum absolute atomic E-state index is 0.0796. The molecule has 0 aliphatic carbocycles. The van der Waals surface area contributed by atoms with Crippen molar-refractivity contribution in [3.63, 3.8) is 0 Å². The predicted octanol–water partition coefficient (Wildman–Crippen LogP) is 2.13. The van der Waals surface area contributed by atoms with Crippen LogP contribution in [0.1, 0.15) is 16.8 Å². The molecule has 1 amide bonds. The number of carboxylic acids is 1. The topological polar surface area (TPSA) is 118 Å². The van der Waals surface area contributed by atoms with E-state index in [2.05, 4.69) is 15.3 Å². The van der Waals surface area contributed by atoms with Crippen LogP contribution in [0.3, 0.4) is 0 Å². The number of carbonyl (C=O) groups is 3. The highest BCUT2D eigenvalue weighted by Gasteiger charge is 2.26. The molecule has 2 aromatic heterocycles. The number of aromatic nitrogens is 2. The first-order valence-corrected chi connectivity index (χ1v) is 9.42. The van der Waals surface area contributed by atoms with Gasteiger partial charge in [-0.2, -0.15) is 0 Å². The molecule has 138 valence electrons. The number of hydrogen-bond acceptors (Lipinski definition) is 8. The number of thiophene rings is 1. The van der Waals surface area contributed by atoms with Gasteiger partial charge >= 0.3 is 5.97 Å². The van der Waals surface area contributed by atoms with Crippen molar-refractivity contribution in [1.82, 2.24) is 15.3 Å². The number of amides is 1. The van der Waals surface area contributed by atoms with Crippen molar-refractivity contribution in [3.8, 4) is 5.75 Å². The highest BCUT2D eigenvalue weighted by Crippen LogP contribution is 2.35. The number of rotatable bonds is 9. The normalized spacial score (nSPS) is 11.6. The number of halogens is 1. The number of ketones is 1. The highest BCUT2D eigenvalue weighted by atomic mass is 35.5. The van der Waals surface area contributed by atoms with E-state index in [1.165, 1.54) is 24.9 Å². The Balaban J connectivity index is 2.07. The largest absolute Gasteiger partial charge is 0.493 e. The Morgan fingerprint density at radius 1 is 1.38 bits per heavy atom. The summed E-state index contributed by atoms with van der Waals surface area (Å²) in [5, 5.41) is 13.3. The second-order valence-corrected chi connectivity index (χ2v) is 7.29. The number of carboxylic acid groups (broad SMARTS) is 1. The van der Waals surface area contributed by atoms with E-state index in [1.807, 2.05) is 0 Å². The van der Waals surface area contributed by atoms with Crippen LogP contribution in [0.2, 0.25) is 4.34 Å². The second-order valence-electron chi connectivity index (χ2n) is 4.87. The molecule has 0 aliphatic heterocycles. The molecule has 0 bridgehead atoms. The van der Waals surface area contributed by atoms with Gasteiger partial charge in [0.05, 0.1) is 30.9 Å². The van der Waals surface area contributed by atoms with Gasteiger partial charge in [-0.3, -0.25) is 14.4 Å². The van der Waals surface area contributed by atoms with Crippen LogP contribution in [0.25, 0.3) is 0 Å². The SMILES string of the molecule is COc1c(C(=O)N[C@@H](CC(=O)O)C(=O)CSc2ncccn2)csc1Cl. The first kappa shape index (κ1) is 20.1. The lowest BCUT2D eigenvalue weighted by Crippen LogP contribution is -2.43. The zero-order valence-electron chi connectivity index (χ0n) is 13.5. The molecule has 0 spiro atoms. The number of aliphatic carboxylic acids is 1. The highest BCUT2D eigenvalue weighted by molar-refractivity contribution is 7.99. The molecule has 0 unspecified atom stereocenters. The first-order valence-electron chi connectivity index (χ1n) is 7.18. The van der Waals surface area contributed by atoms with E-state index < -0.39 is 30.1 Å². The van der Waals surface area contributed by atoms with Crippen LogP contribution in [0.4, 0.5) is 0 Å². The molecule has 26 heavy (non-hydrogen) atoms. The Morgan fingerprint density at radius 2 is 2.08 bits per heavy atom. The van der Waals surface area contributed by atoms with E-state index in [0.717, 1.165) is 23.1 Å². The van der Waals surface area contributed by atoms with Crippen molar-refractivity contribution >= 4 is 52.4 Å². The average Bonchev–Trinajstić information content (AvgIpc) is 3.00. The molecule has 0 saturated carbocycles. The summed E-state index contributed by atoms with van der Waals surface area (Å²) < 4.78 is 5.35. The molecule has 1 atom stereocenters. The van der Waals surface area contributed by atoms with Gasteiger partial charge < -0.3 is 15.2 Å². The fourth-order valence-corrected chi connectivity index (χ4v) is 3.71. The van der Waals surface area contributed by atoms with Crippen LogP contribution in [0.5, 0.6) is 5.75 Å². The van der Waals surface area contributed by atoms with Crippen LogP contribution >= 0.6 is 34.7 Å². The predicted molar refractivity (Wildman–Crippen MR) is 97.2 cm³/mol. The van der Waals surface area contributed by atoms with Crippen molar-refractivity contribution in [3.05, 3.63) is 33.7 Å². The zero-order valence-corrected chi connectivity index (χ0v) is 15.9. The van der Waals surface area contributed by atoms with E-state index in [1.54, 1.807) is 6.07 Å². The van der Waals surface area contributed by atoms with Gasteiger partial charge in [0, 0.05) is 17.8 Å². The van der Waals surface area contributed by atoms with E-state index in [4.69, 9.17) is 21.4 Å². The van der Waals surface area contributed by atoms with E-state index >= 15 is 0 Å². The molecule has 0 saturated heterocycles. The summed E-state index contributed by atoms with van der Waals surface area (Å²) in [6, 6.07) is 0.443. The summed E-state index contributed by atoms with van der Waals surface area (Å²) >= 11 is 8.08. The minimum atomic E-state index is -1.21. The van der Waals surface area contributed by atoms with Gasteiger partial charge in [-0.15, -0.1) is 11.3 Å². The molecular formula is C15H14ClN3O5S2. The molecule has 11 heteroatoms. The summed E-state index contributed by atoms with van der Waals surface area (Å²) in [6.45, 7) is 0. The summed E-state index contributed by atoms with van der Waals surface area (Å²) in [5.41, 5.74) is 0.143. The lowest BCUT2D eigenvalue weighted by atomic mass is 10.1. The Hall–Kier alpha value is -2.17. The summed E-state index contributed by atoms with van der Waals surface area (Å²) in [7, 11) is 1.36. The molecule has 0 aliphatic rings. The molecule has 0 radical (unpaired) electrons. The molecule has 0 fully saturated rings. The van der Waals surface area contributed by atoms with Gasteiger partial charge in [0.1, 0.15) is 4.34 Å². The maximum absolute atomic E-state index is 12.4. The third-order valence-corrected chi connectivity index (χ3v) is 5.19. The van der Waals surface area contributed by atoms with Crippen molar-refractivity contribution in [2.45, 2.75) is 17.6 Å². The Morgan fingerprint density at radius 3 is 2.69 bits per heavy atom. The number of thioether (sulfide) groups is 1. The summed E-state index contributed by atoms with van der Waals surface area (Å²) in [6.07, 6.45) is 2.52. The third kappa shape index (κ3) is 5.41. The monoisotopic (exact) mass is 415 g/mol. The fraction of sp³-hybridized carbons (Fsp3) is 0.267. The van der Waals surface area contributed by atoms with E-state index in [0.29, 0.717) is 5.16 Å². The lowest BCUT2D eigenvalue weighted by Gasteiger charge is -2.15. The smallest absolute Gasteiger partial charge is 0.305 e. The van der Waals surface area contributed by atoms with Crippen molar-refractivity contribution in [2.75, 3.05) is 12.9 Å².